The van der Waals surface area contributed by atoms with E-state index in [2.05, 4.69) is 0 Å². The number of hydrogen-bond acceptors (Lipinski definition) is 5. The molecular weight excluding hydrogens is 284 g/mol. The number of anilines is 1. The quantitative estimate of drug-likeness (QED) is 0.587. The standard InChI is InChI=1S/C16H24N2O4/c1-4-10-22-14-7-6-12(11-13(14)17)16(20)18(3)9-8-15(19)21-5-2/h6-7,11H,4-5,8-10,17H2,1-3H3. The van der Waals surface area contributed by atoms with Crippen molar-refractivity contribution < 1.29 is 19.1 Å². The lowest BCUT2D eigenvalue weighted by molar-refractivity contribution is -0.143. The van der Waals surface area contributed by atoms with Crippen molar-refractivity contribution in [2.45, 2.75) is 26.7 Å². The van der Waals surface area contributed by atoms with Crippen molar-refractivity contribution in [3.05, 3.63) is 23.8 Å². The van der Waals surface area contributed by atoms with Gasteiger partial charge in [0, 0.05) is 19.2 Å². The predicted molar refractivity (Wildman–Crippen MR) is 84.9 cm³/mol. The molecule has 1 aromatic carbocycles. The third-order valence-corrected chi connectivity index (χ3v) is 3.02. The van der Waals surface area contributed by atoms with Crippen LogP contribution in [0.3, 0.4) is 0 Å². The van der Waals surface area contributed by atoms with Crippen LogP contribution in [0.1, 0.15) is 37.0 Å². The van der Waals surface area contributed by atoms with Crippen molar-refractivity contribution >= 4 is 17.6 Å². The molecule has 6 heteroatoms. The second-order valence-electron chi connectivity index (χ2n) is 4.88. The van der Waals surface area contributed by atoms with Crippen molar-refractivity contribution in [2.24, 2.45) is 0 Å². The Bertz CT molecular complexity index is 517. The van der Waals surface area contributed by atoms with Crippen LogP contribution in [0.4, 0.5) is 5.69 Å². The van der Waals surface area contributed by atoms with Crippen molar-refractivity contribution in [2.75, 3.05) is 32.5 Å². The van der Waals surface area contributed by atoms with Crippen molar-refractivity contribution in [3.8, 4) is 5.75 Å². The molecular formula is C16H24N2O4. The summed E-state index contributed by atoms with van der Waals surface area (Å²) in [4.78, 5) is 25.0. The summed E-state index contributed by atoms with van der Waals surface area (Å²) in [6.07, 6.45) is 1.06. The van der Waals surface area contributed by atoms with Crippen molar-refractivity contribution in [1.29, 1.82) is 0 Å². The van der Waals surface area contributed by atoms with Gasteiger partial charge in [0.2, 0.25) is 0 Å². The van der Waals surface area contributed by atoms with Gasteiger partial charge in [-0.2, -0.15) is 0 Å². The Kier molecular flexibility index (Phi) is 7.22. The molecule has 122 valence electrons. The van der Waals surface area contributed by atoms with E-state index in [0.29, 0.717) is 36.8 Å². The second-order valence-corrected chi connectivity index (χ2v) is 4.88. The number of carbonyl (C=O) groups excluding carboxylic acids is 2. The minimum atomic E-state index is -0.315. The molecule has 6 nitrogen and oxygen atoms in total. The Morgan fingerprint density at radius 3 is 2.59 bits per heavy atom. The summed E-state index contributed by atoms with van der Waals surface area (Å²) in [5, 5.41) is 0. The minimum absolute atomic E-state index is 0.170. The SMILES string of the molecule is CCCOc1ccc(C(=O)N(C)CCC(=O)OCC)cc1N. The number of esters is 1. The van der Waals surface area contributed by atoms with Gasteiger partial charge in [0.25, 0.3) is 5.91 Å². The molecule has 0 aliphatic carbocycles. The van der Waals surface area contributed by atoms with Crippen LogP contribution in [-0.4, -0.2) is 43.6 Å². The number of ether oxygens (including phenoxy) is 2. The van der Waals surface area contributed by atoms with Crippen LogP contribution in [0.25, 0.3) is 0 Å². The zero-order chi connectivity index (χ0) is 16.5. The van der Waals surface area contributed by atoms with Crippen LogP contribution in [0.15, 0.2) is 18.2 Å². The van der Waals surface area contributed by atoms with Crippen LogP contribution in [0.2, 0.25) is 0 Å². The van der Waals surface area contributed by atoms with Crippen LogP contribution in [-0.2, 0) is 9.53 Å². The number of hydrogen-bond donors (Lipinski definition) is 1. The first-order chi connectivity index (χ1) is 10.5. The Hall–Kier alpha value is -2.24. The Morgan fingerprint density at radius 1 is 1.27 bits per heavy atom. The first-order valence-electron chi connectivity index (χ1n) is 7.43. The molecule has 0 spiro atoms. The highest BCUT2D eigenvalue weighted by Crippen LogP contribution is 2.23. The van der Waals surface area contributed by atoms with E-state index >= 15 is 0 Å². The smallest absolute Gasteiger partial charge is 0.307 e. The van der Waals surface area contributed by atoms with Gasteiger partial charge in [-0.05, 0) is 31.5 Å². The van der Waals surface area contributed by atoms with Gasteiger partial charge >= 0.3 is 5.97 Å². The summed E-state index contributed by atoms with van der Waals surface area (Å²) >= 11 is 0. The lowest BCUT2D eigenvalue weighted by Gasteiger charge is -2.17. The zero-order valence-corrected chi connectivity index (χ0v) is 13.4. The molecule has 0 aliphatic rings. The highest BCUT2D eigenvalue weighted by Gasteiger charge is 2.15. The molecule has 0 saturated heterocycles. The number of rotatable bonds is 8. The van der Waals surface area contributed by atoms with E-state index in [1.165, 1.54) is 4.90 Å². The number of benzene rings is 1. The summed E-state index contributed by atoms with van der Waals surface area (Å²) in [7, 11) is 1.64. The van der Waals surface area contributed by atoms with Crippen LogP contribution < -0.4 is 10.5 Å². The highest BCUT2D eigenvalue weighted by atomic mass is 16.5. The molecule has 0 fully saturated rings. The molecule has 1 aromatic rings. The predicted octanol–water partition coefficient (Wildman–Crippen LogP) is 2.08. The Morgan fingerprint density at radius 2 is 2.00 bits per heavy atom. The molecule has 22 heavy (non-hydrogen) atoms. The largest absolute Gasteiger partial charge is 0.491 e. The highest BCUT2D eigenvalue weighted by molar-refractivity contribution is 5.95. The topological polar surface area (TPSA) is 81.9 Å². The average Bonchev–Trinajstić information content (AvgIpc) is 2.51. The van der Waals surface area contributed by atoms with Gasteiger partial charge < -0.3 is 20.1 Å². The van der Waals surface area contributed by atoms with Gasteiger partial charge in [0.05, 0.1) is 25.3 Å². The lowest BCUT2D eigenvalue weighted by atomic mass is 10.1. The molecule has 0 aromatic heterocycles. The molecule has 0 radical (unpaired) electrons. The first kappa shape index (κ1) is 17.8. The Labute approximate surface area is 131 Å². The average molecular weight is 308 g/mol. The first-order valence-corrected chi connectivity index (χ1v) is 7.43. The number of carbonyl (C=O) groups is 2. The molecule has 0 aliphatic heterocycles. The number of nitrogens with zero attached hydrogens (tertiary/aromatic N) is 1. The number of nitrogens with two attached hydrogens (primary N) is 1. The summed E-state index contributed by atoms with van der Waals surface area (Å²) in [5.41, 5.74) is 6.79. The van der Waals surface area contributed by atoms with Gasteiger partial charge in [-0.1, -0.05) is 6.92 Å². The Balaban J connectivity index is 2.64. The van der Waals surface area contributed by atoms with Gasteiger partial charge in [0.15, 0.2) is 0 Å². The third-order valence-electron chi connectivity index (χ3n) is 3.02. The van der Waals surface area contributed by atoms with Crippen molar-refractivity contribution in [1.82, 2.24) is 4.90 Å². The molecule has 0 heterocycles. The van der Waals surface area contributed by atoms with Crippen LogP contribution in [0, 0.1) is 0 Å². The fraction of sp³-hybridized carbons (Fsp3) is 0.500. The fourth-order valence-corrected chi connectivity index (χ4v) is 1.84. The normalized spacial score (nSPS) is 10.1. The van der Waals surface area contributed by atoms with E-state index in [9.17, 15) is 9.59 Å². The lowest BCUT2D eigenvalue weighted by Crippen LogP contribution is -2.29. The molecule has 0 saturated carbocycles. The molecule has 2 N–H and O–H groups in total. The van der Waals surface area contributed by atoms with Crippen LogP contribution >= 0.6 is 0 Å². The van der Waals surface area contributed by atoms with E-state index < -0.39 is 0 Å². The maximum atomic E-state index is 12.3. The van der Waals surface area contributed by atoms with E-state index in [4.69, 9.17) is 15.2 Å². The maximum absolute atomic E-state index is 12.3. The van der Waals surface area contributed by atoms with E-state index in [0.717, 1.165) is 6.42 Å². The van der Waals surface area contributed by atoms with E-state index in [-0.39, 0.29) is 18.3 Å². The fourth-order valence-electron chi connectivity index (χ4n) is 1.84. The number of nitrogen functional groups attached to an aromatic ring is 1. The zero-order valence-electron chi connectivity index (χ0n) is 13.4. The summed E-state index contributed by atoms with van der Waals surface area (Å²) in [5.74, 6) is 0.0654. The molecule has 0 bridgehead atoms. The van der Waals surface area contributed by atoms with Gasteiger partial charge in [-0.3, -0.25) is 9.59 Å². The van der Waals surface area contributed by atoms with E-state index in [1.54, 1.807) is 32.2 Å². The van der Waals surface area contributed by atoms with Gasteiger partial charge in [0.1, 0.15) is 5.75 Å². The molecule has 1 amide bonds. The number of amides is 1. The monoisotopic (exact) mass is 308 g/mol. The summed E-state index contributed by atoms with van der Waals surface area (Å²) in [6, 6.07) is 4.95. The maximum Gasteiger partial charge on any atom is 0.307 e. The van der Waals surface area contributed by atoms with E-state index in [1.807, 2.05) is 6.92 Å². The minimum Gasteiger partial charge on any atom is -0.491 e. The molecule has 1 rings (SSSR count). The summed E-state index contributed by atoms with van der Waals surface area (Å²) < 4.78 is 10.3. The molecule has 0 unspecified atom stereocenters. The third kappa shape index (κ3) is 5.27. The second kappa shape index (κ2) is 8.92. The summed E-state index contributed by atoms with van der Waals surface area (Å²) in [6.45, 7) is 4.97. The van der Waals surface area contributed by atoms with Gasteiger partial charge in [-0.15, -0.1) is 0 Å². The molecule has 0 atom stereocenters. The van der Waals surface area contributed by atoms with Crippen molar-refractivity contribution in [3.63, 3.8) is 0 Å². The van der Waals surface area contributed by atoms with Gasteiger partial charge in [-0.25, -0.2) is 0 Å². The van der Waals surface area contributed by atoms with Crippen LogP contribution in [0.5, 0.6) is 5.75 Å².